The Kier molecular flexibility index (Phi) is 3.80. The lowest BCUT2D eigenvalue weighted by molar-refractivity contribution is -0.0526. The molecule has 1 unspecified atom stereocenters. The summed E-state index contributed by atoms with van der Waals surface area (Å²) in [6, 6.07) is 0. The Morgan fingerprint density at radius 1 is 1.40 bits per heavy atom. The first-order valence-electron chi connectivity index (χ1n) is 5.43. The normalized spacial score (nSPS) is 24.3. The smallest absolute Gasteiger partial charge is 0.381 e. The number of rotatable bonds is 3. The average Bonchev–Trinajstić information content (AvgIpc) is 2.85. The van der Waals surface area contributed by atoms with Crippen molar-refractivity contribution in [2.75, 3.05) is 0 Å². The van der Waals surface area contributed by atoms with Gasteiger partial charge in [-0.2, -0.15) is 21.6 Å². The first-order valence-corrected chi connectivity index (χ1v) is 7.71. The van der Waals surface area contributed by atoms with Gasteiger partial charge in [0.15, 0.2) is 5.67 Å². The number of hydrogen-bond donors (Lipinski definition) is 0. The van der Waals surface area contributed by atoms with E-state index in [4.69, 9.17) is 0 Å². The van der Waals surface area contributed by atoms with E-state index in [0.29, 0.717) is 0 Å². The van der Waals surface area contributed by atoms with Gasteiger partial charge in [0.05, 0.1) is 0 Å². The number of hydrogen-bond acceptors (Lipinski definition) is 5. The minimum Gasteiger partial charge on any atom is -0.381 e. The molecule has 0 saturated heterocycles. The lowest BCUT2D eigenvalue weighted by Gasteiger charge is -2.26. The zero-order chi connectivity index (χ0) is 15.0. The summed E-state index contributed by atoms with van der Waals surface area (Å²) in [6.45, 7) is 0. The van der Waals surface area contributed by atoms with Gasteiger partial charge in [0.2, 0.25) is 0 Å². The molecule has 1 atom stereocenters. The summed E-state index contributed by atoms with van der Waals surface area (Å²) in [6.07, 6.45) is 1.74. The maximum Gasteiger partial charge on any atom is 0.534 e. The molecule has 0 amide bonds. The van der Waals surface area contributed by atoms with Gasteiger partial charge in [0.1, 0.15) is 10.8 Å². The van der Waals surface area contributed by atoms with Gasteiger partial charge in [-0.3, -0.25) is 0 Å². The summed E-state index contributed by atoms with van der Waals surface area (Å²) in [5, 5.41) is 1.80. The second-order valence-corrected chi connectivity index (χ2v) is 6.59. The van der Waals surface area contributed by atoms with Crippen LogP contribution < -0.4 is 0 Å². The summed E-state index contributed by atoms with van der Waals surface area (Å²) < 4.78 is 76.5. The molecular formula is C10H9F4NO3S2. The average molecular weight is 331 g/mol. The fraction of sp³-hybridized carbons (Fsp3) is 0.500. The summed E-state index contributed by atoms with van der Waals surface area (Å²) in [5.74, 6) is -0.396. The highest BCUT2D eigenvalue weighted by atomic mass is 32.2. The van der Waals surface area contributed by atoms with Crippen molar-refractivity contribution in [2.45, 2.75) is 30.4 Å². The van der Waals surface area contributed by atoms with Crippen LogP contribution in [0.5, 0.6) is 0 Å². The van der Waals surface area contributed by atoms with Crippen LogP contribution in [0.4, 0.5) is 17.6 Å². The second kappa shape index (κ2) is 4.99. The monoisotopic (exact) mass is 331 g/mol. The molecule has 0 saturated carbocycles. The summed E-state index contributed by atoms with van der Waals surface area (Å²) in [7, 11) is -5.69. The first-order chi connectivity index (χ1) is 9.14. The summed E-state index contributed by atoms with van der Waals surface area (Å²) in [4.78, 5) is 3.83. The van der Waals surface area contributed by atoms with E-state index in [1.165, 1.54) is 6.20 Å². The van der Waals surface area contributed by atoms with Crippen LogP contribution in [0.15, 0.2) is 23.4 Å². The third-order valence-corrected chi connectivity index (χ3v) is 4.69. The van der Waals surface area contributed by atoms with Gasteiger partial charge in [0.25, 0.3) is 0 Å². The predicted octanol–water partition coefficient (Wildman–Crippen LogP) is 3.24. The van der Waals surface area contributed by atoms with Gasteiger partial charge in [0, 0.05) is 24.4 Å². The molecule has 1 aromatic heterocycles. The van der Waals surface area contributed by atoms with Gasteiger partial charge < -0.3 is 4.18 Å². The molecule has 10 heteroatoms. The SMILES string of the molecule is O=S(=O)(OC1=CCC(F)(c2nccs2)CC1)C(F)(F)F. The van der Waals surface area contributed by atoms with Gasteiger partial charge >= 0.3 is 15.6 Å². The van der Waals surface area contributed by atoms with Crippen LogP contribution in [0.2, 0.25) is 0 Å². The maximum atomic E-state index is 14.5. The van der Waals surface area contributed by atoms with Crippen LogP contribution in [-0.2, 0) is 20.0 Å². The van der Waals surface area contributed by atoms with Crippen LogP contribution in [0.3, 0.4) is 0 Å². The Morgan fingerprint density at radius 2 is 2.10 bits per heavy atom. The second-order valence-electron chi connectivity index (χ2n) is 4.16. The molecule has 0 N–H and O–H groups in total. The van der Waals surface area contributed by atoms with Crippen LogP contribution >= 0.6 is 11.3 Å². The topological polar surface area (TPSA) is 56.3 Å². The molecule has 0 spiro atoms. The molecule has 1 aromatic rings. The molecule has 1 heterocycles. The van der Waals surface area contributed by atoms with E-state index in [1.807, 2.05) is 0 Å². The van der Waals surface area contributed by atoms with E-state index in [1.54, 1.807) is 5.38 Å². The third-order valence-electron chi connectivity index (χ3n) is 2.74. The summed E-state index contributed by atoms with van der Waals surface area (Å²) >= 11 is 1.09. The molecule has 1 aliphatic rings. The number of allylic oxidation sites excluding steroid dienone is 2. The van der Waals surface area contributed by atoms with Crippen molar-refractivity contribution in [3.8, 4) is 0 Å². The molecule has 20 heavy (non-hydrogen) atoms. The standard InChI is InChI=1S/C10H9F4NO3S2/c11-9(8-15-5-6-19-8)3-1-7(2-4-9)18-20(16,17)10(12,13)14/h1,5-6H,2-4H2. The molecule has 112 valence electrons. The third kappa shape index (κ3) is 2.95. The number of thiazole rings is 1. The van der Waals surface area contributed by atoms with Crippen LogP contribution in [0, 0.1) is 0 Å². The minimum atomic E-state index is -5.69. The van der Waals surface area contributed by atoms with E-state index in [-0.39, 0.29) is 24.3 Å². The molecule has 0 fully saturated rings. The van der Waals surface area contributed by atoms with E-state index < -0.39 is 27.1 Å². The van der Waals surface area contributed by atoms with Gasteiger partial charge in [-0.1, -0.05) is 0 Å². The van der Waals surface area contributed by atoms with Crippen molar-refractivity contribution < 1.29 is 30.2 Å². The van der Waals surface area contributed by atoms with Crippen molar-refractivity contribution in [1.29, 1.82) is 0 Å². The predicted molar refractivity (Wildman–Crippen MR) is 62.9 cm³/mol. The van der Waals surface area contributed by atoms with Gasteiger partial charge in [-0.05, 0) is 12.5 Å². The van der Waals surface area contributed by atoms with Crippen molar-refractivity contribution >= 4 is 21.5 Å². The largest absolute Gasteiger partial charge is 0.534 e. The minimum absolute atomic E-state index is 0.181. The lowest BCUT2D eigenvalue weighted by atomic mass is 9.91. The Labute approximate surface area is 116 Å². The Bertz CT molecular complexity index is 609. The van der Waals surface area contributed by atoms with E-state index in [2.05, 4.69) is 9.17 Å². The maximum absolute atomic E-state index is 14.5. The Morgan fingerprint density at radius 3 is 2.55 bits per heavy atom. The van der Waals surface area contributed by atoms with Crippen molar-refractivity contribution in [3.63, 3.8) is 0 Å². The number of halogens is 4. The highest BCUT2D eigenvalue weighted by Crippen LogP contribution is 2.42. The number of aromatic nitrogens is 1. The highest BCUT2D eigenvalue weighted by molar-refractivity contribution is 7.87. The fourth-order valence-electron chi connectivity index (χ4n) is 1.70. The zero-order valence-electron chi connectivity index (χ0n) is 9.85. The summed E-state index contributed by atoms with van der Waals surface area (Å²) in [5.41, 5.74) is -7.28. The van der Waals surface area contributed by atoms with Crippen molar-refractivity contribution in [2.24, 2.45) is 0 Å². The number of alkyl halides is 4. The molecule has 0 radical (unpaired) electrons. The molecule has 4 nitrogen and oxygen atoms in total. The molecule has 0 bridgehead atoms. The lowest BCUT2D eigenvalue weighted by Crippen LogP contribution is -2.28. The van der Waals surface area contributed by atoms with Crippen molar-refractivity contribution in [1.82, 2.24) is 4.98 Å². The van der Waals surface area contributed by atoms with Crippen molar-refractivity contribution in [3.05, 3.63) is 28.4 Å². The van der Waals surface area contributed by atoms with Gasteiger partial charge in [-0.25, -0.2) is 9.37 Å². The number of nitrogens with zero attached hydrogens (tertiary/aromatic N) is 1. The van der Waals surface area contributed by atoms with Crippen LogP contribution in [0.1, 0.15) is 24.3 Å². The van der Waals surface area contributed by atoms with E-state index >= 15 is 0 Å². The molecule has 0 aliphatic heterocycles. The quantitative estimate of drug-likeness (QED) is 0.485. The molecule has 1 aliphatic carbocycles. The highest BCUT2D eigenvalue weighted by Gasteiger charge is 2.49. The molecule has 0 aromatic carbocycles. The van der Waals surface area contributed by atoms with E-state index in [9.17, 15) is 26.0 Å². The zero-order valence-corrected chi connectivity index (χ0v) is 11.5. The Balaban J connectivity index is 2.11. The van der Waals surface area contributed by atoms with Crippen LogP contribution in [0.25, 0.3) is 0 Å². The van der Waals surface area contributed by atoms with Gasteiger partial charge in [-0.15, -0.1) is 11.3 Å². The van der Waals surface area contributed by atoms with Crippen LogP contribution in [-0.4, -0.2) is 18.9 Å². The Hall–Kier alpha value is -1.16. The molecule has 2 rings (SSSR count). The fourth-order valence-corrected chi connectivity index (χ4v) is 3.00. The first kappa shape index (κ1) is 15.2. The van der Waals surface area contributed by atoms with E-state index in [0.717, 1.165) is 17.4 Å². The molecular weight excluding hydrogens is 322 g/mol.